The van der Waals surface area contributed by atoms with Crippen LogP contribution >= 0.6 is 0 Å². The van der Waals surface area contributed by atoms with Crippen molar-refractivity contribution in [2.24, 2.45) is 0 Å². The van der Waals surface area contributed by atoms with E-state index < -0.39 is 29.7 Å². The fourth-order valence-electron chi connectivity index (χ4n) is 5.31. The number of hydrogen-bond donors (Lipinski definition) is 0. The van der Waals surface area contributed by atoms with Gasteiger partial charge in [-0.1, -0.05) is 36.4 Å². The summed E-state index contributed by atoms with van der Waals surface area (Å²) in [7, 11) is 2.78. The minimum Gasteiger partial charge on any atom is -0.494 e. The van der Waals surface area contributed by atoms with Crippen molar-refractivity contribution in [1.29, 1.82) is 0 Å². The summed E-state index contributed by atoms with van der Waals surface area (Å²) < 4.78 is 36.6. The van der Waals surface area contributed by atoms with Crippen LogP contribution in [-0.4, -0.2) is 49.4 Å². The zero-order chi connectivity index (χ0) is 29.9. The molecule has 0 aliphatic carbocycles. The van der Waals surface area contributed by atoms with Gasteiger partial charge in [-0.15, -0.1) is 0 Å². The van der Waals surface area contributed by atoms with Gasteiger partial charge in [0, 0.05) is 11.5 Å². The quantitative estimate of drug-likeness (QED) is 0.283. The number of carbonyl (C=O) groups excluding carboxylic acids is 2. The van der Waals surface area contributed by atoms with Crippen molar-refractivity contribution in [2.75, 3.05) is 20.8 Å². The molecule has 0 fully saturated rings. The van der Waals surface area contributed by atoms with Crippen molar-refractivity contribution in [1.82, 2.24) is 4.90 Å². The highest BCUT2D eigenvalue weighted by Gasteiger charge is 2.36. The predicted molar refractivity (Wildman–Crippen MR) is 154 cm³/mol. The molecule has 4 rings (SSSR count). The maximum Gasteiger partial charge on any atom is 0.410 e. The molecule has 3 aromatic carbocycles. The van der Waals surface area contributed by atoms with Crippen LogP contribution in [0.2, 0.25) is 0 Å². The van der Waals surface area contributed by atoms with E-state index >= 15 is 0 Å². The second kappa shape index (κ2) is 12.2. The first kappa shape index (κ1) is 29.9. The predicted octanol–water partition coefficient (Wildman–Crippen LogP) is 7.21. The molecular weight excluding hydrogens is 525 g/mol. The Labute approximate surface area is 241 Å². The third kappa shape index (κ3) is 6.64. The van der Waals surface area contributed by atoms with Gasteiger partial charge < -0.3 is 18.9 Å². The molecule has 1 aliphatic heterocycles. The maximum absolute atomic E-state index is 14.2. The lowest BCUT2D eigenvalue weighted by molar-refractivity contribution is 0.00551. The van der Waals surface area contributed by atoms with Gasteiger partial charge in [0.25, 0.3) is 0 Å². The third-order valence-corrected chi connectivity index (χ3v) is 7.40. The summed E-state index contributed by atoms with van der Waals surface area (Å²) in [4.78, 5) is 27.6. The van der Waals surface area contributed by atoms with E-state index in [2.05, 4.69) is 0 Å². The van der Waals surface area contributed by atoms with Gasteiger partial charge in [0.05, 0.1) is 32.4 Å². The number of methoxy groups -OCH3 is 2. The fourth-order valence-corrected chi connectivity index (χ4v) is 5.31. The number of amides is 1. The molecule has 3 aromatic rings. The number of fused-ring (bicyclic) bond motifs is 1. The molecule has 1 aliphatic rings. The van der Waals surface area contributed by atoms with E-state index in [0.717, 1.165) is 22.4 Å². The molecule has 218 valence electrons. The van der Waals surface area contributed by atoms with Gasteiger partial charge >= 0.3 is 12.1 Å². The second-order valence-corrected chi connectivity index (χ2v) is 11.3. The minimum absolute atomic E-state index is 0.0868. The fraction of sp³-hybridized carbons (Fsp3) is 0.394. The number of rotatable bonds is 7. The zero-order valence-electron chi connectivity index (χ0n) is 24.7. The van der Waals surface area contributed by atoms with Gasteiger partial charge in [0.15, 0.2) is 11.6 Å². The average Bonchev–Trinajstić information content (AvgIpc) is 2.94. The van der Waals surface area contributed by atoms with Crippen LogP contribution in [0.15, 0.2) is 60.7 Å². The molecule has 8 heteroatoms. The average molecular weight is 564 g/mol. The topological polar surface area (TPSA) is 74.3 Å². The van der Waals surface area contributed by atoms with Crippen LogP contribution in [0.4, 0.5) is 9.18 Å². The minimum atomic E-state index is -0.719. The highest BCUT2D eigenvalue weighted by molar-refractivity contribution is 5.91. The molecule has 1 unspecified atom stereocenters. The van der Waals surface area contributed by atoms with Crippen molar-refractivity contribution >= 4 is 12.1 Å². The van der Waals surface area contributed by atoms with Crippen LogP contribution in [-0.2, 0) is 9.47 Å². The summed E-state index contributed by atoms with van der Waals surface area (Å²) in [6, 6.07) is 17.6. The summed E-state index contributed by atoms with van der Waals surface area (Å²) >= 11 is 0. The first-order valence-electron chi connectivity index (χ1n) is 13.7. The normalized spacial score (nSPS) is 17.1. The van der Waals surface area contributed by atoms with E-state index in [9.17, 15) is 14.0 Å². The van der Waals surface area contributed by atoms with Crippen molar-refractivity contribution in [3.8, 4) is 11.5 Å². The van der Waals surface area contributed by atoms with Crippen molar-refractivity contribution in [3.05, 3.63) is 94.3 Å². The Kier molecular flexibility index (Phi) is 8.90. The molecule has 7 nitrogen and oxygen atoms in total. The van der Waals surface area contributed by atoms with Crippen molar-refractivity contribution < 1.29 is 32.9 Å². The van der Waals surface area contributed by atoms with Gasteiger partial charge in [-0.3, -0.25) is 4.90 Å². The van der Waals surface area contributed by atoms with Gasteiger partial charge in [-0.05, 0) is 82.0 Å². The van der Waals surface area contributed by atoms with Crippen LogP contribution < -0.4 is 9.47 Å². The Balaban J connectivity index is 1.71. The van der Waals surface area contributed by atoms with Crippen molar-refractivity contribution in [3.63, 3.8) is 0 Å². The van der Waals surface area contributed by atoms with E-state index in [0.29, 0.717) is 17.5 Å². The largest absolute Gasteiger partial charge is 0.494 e. The van der Waals surface area contributed by atoms with E-state index in [-0.39, 0.29) is 24.2 Å². The molecule has 0 saturated heterocycles. The summed E-state index contributed by atoms with van der Waals surface area (Å²) in [6.45, 7) is 9.45. The summed E-state index contributed by atoms with van der Waals surface area (Å²) in [6.07, 6.45) is -0.342. The molecule has 0 spiro atoms. The Morgan fingerprint density at radius 2 is 1.76 bits per heavy atom. The van der Waals surface area contributed by atoms with Gasteiger partial charge in [-0.25, -0.2) is 14.0 Å². The summed E-state index contributed by atoms with van der Waals surface area (Å²) in [5.41, 5.74) is 3.34. The van der Waals surface area contributed by atoms with E-state index in [1.165, 1.54) is 20.3 Å². The maximum atomic E-state index is 14.2. The van der Waals surface area contributed by atoms with E-state index in [1.54, 1.807) is 23.1 Å². The van der Waals surface area contributed by atoms with Crippen LogP contribution in [0.5, 0.6) is 11.5 Å². The number of halogens is 1. The third-order valence-electron chi connectivity index (χ3n) is 7.40. The molecule has 1 heterocycles. The van der Waals surface area contributed by atoms with Gasteiger partial charge in [0.1, 0.15) is 17.5 Å². The Hall–Kier alpha value is -4.07. The lowest BCUT2D eigenvalue weighted by atomic mass is 9.81. The van der Waals surface area contributed by atoms with Gasteiger partial charge in [0.2, 0.25) is 0 Å². The molecule has 0 saturated carbocycles. The summed E-state index contributed by atoms with van der Waals surface area (Å²) in [5.74, 6) is -0.136. The molecule has 0 bridgehead atoms. The standard InChI is InChI=1S/C33H38FNO6/c1-20-24(12-10-13-25(20)31(36)39-7)27-18-23(40-29-14-9-8-11-26(27)29)19-35(32(37)41-33(3,4)5)21(2)22-15-16-28(34)30(17-22)38-6/h8-17,21,23,27H,18-19H2,1-7H3/t21-,23-,27?/m1/s1. The number of ether oxygens (including phenoxy) is 4. The number of nitrogens with zero attached hydrogens (tertiary/aromatic N) is 1. The number of hydrogen-bond acceptors (Lipinski definition) is 6. The number of benzene rings is 3. The lowest BCUT2D eigenvalue weighted by Crippen LogP contribution is -2.45. The zero-order valence-corrected chi connectivity index (χ0v) is 24.7. The van der Waals surface area contributed by atoms with E-state index in [1.807, 2.05) is 71.0 Å². The number of para-hydroxylation sites is 1. The molecule has 41 heavy (non-hydrogen) atoms. The molecule has 0 radical (unpaired) electrons. The Morgan fingerprint density at radius 3 is 2.44 bits per heavy atom. The highest BCUT2D eigenvalue weighted by atomic mass is 19.1. The first-order chi connectivity index (χ1) is 19.4. The lowest BCUT2D eigenvalue weighted by Gasteiger charge is -2.38. The van der Waals surface area contributed by atoms with Crippen LogP contribution in [0, 0.1) is 12.7 Å². The van der Waals surface area contributed by atoms with Crippen molar-refractivity contribution in [2.45, 2.75) is 64.7 Å². The van der Waals surface area contributed by atoms with E-state index in [4.69, 9.17) is 18.9 Å². The Bertz CT molecular complexity index is 1420. The monoisotopic (exact) mass is 563 g/mol. The highest BCUT2D eigenvalue weighted by Crippen LogP contribution is 2.42. The van der Waals surface area contributed by atoms with Gasteiger partial charge in [-0.2, -0.15) is 0 Å². The summed E-state index contributed by atoms with van der Waals surface area (Å²) in [5, 5.41) is 0. The molecule has 0 N–H and O–H groups in total. The number of esters is 1. The number of carbonyl (C=O) groups is 2. The SMILES string of the molecule is COC(=O)c1cccc(C2C[C@H](CN(C(=O)OC(C)(C)C)[C@H](C)c3ccc(F)c(OC)c3)Oc3ccccc32)c1C. The Morgan fingerprint density at radius 1 is 1.05 bits per heavy atom. The molecular formula is C33H38FNO6. The molecule has 0 aromatic heterocycles. The second-order valence-electron chi connectivity index (χ2n) is 11.3. The van der Waals surface area contributed by atoms with Crippen LogP contribution in [0.3, 0.4) is 0 Å². The van der Waals surface area contributed by atoms with Crippen LogP contribution in [0.25, 0.3) is 0 Å². The van der Waals surface area contributed by atoms with Crippen LogP contribution in [0.1, 0.15) is 78.7 Å². The smallest absolute Gasteiger partial charge is 0.410 e. The first-order valence-corrected chi connectivity index (χ1v) is 13.7. The molecule has 3 atom stereocenters. The molecule has 1 amide bonds.